The number of anilines is 1. The zero-order valence-electron chi connectivity index (χ0n) is 10.1. The number of nitrogen functional groups attached to an aromatic ring is 1. The van der Waals surface area contributed by atoms with Crippen molar-refractivity contribution in [1.82, 2.24) is 4.90 Å². The highest BCUT2D eigenvalue weighted by molar-refractivity contribution is 6.33. The molecule has 0 bridgehead atoms. The van der Waals surface area contributed by atoms with Crippen LogP contribution in [0.15, 0.2) is 18.2 Å². The molecule has 1 aromatic carbocycles. The zero-order valence-corrected chi connectivity index (χ0v) is 10.8. The van der Waals surface area contributed by atoms with Gasteiger partial charge in [0.1, 0.15) is 0 Å². The predicted molar refractivity (Wildman–Crippen MR) is 70.9 cm³/mol. The highest BCUT2D eigenvalue weighted by Gasteiger charge is 2.27. The number of halogens is 1. The van der Waals surface area contributed by atoms with Gasteiger partial charge in [-0.25, -0.2) is 0 Å². The Bertz CT molecular complexity index is 391. The van der Waals surface area contributed by atoms with Gasteiger partial charge < -0.3 is 15.7 Å². The monoisotopic (exact) mass is 254 g/mol. The van der Waals surface area contributed by atoms with Gasteiger partial charge in [0.2, 0.25) is 0 Å². The van der Waals surface area contributed by atoms with Gasteiger partial charge in [0.15, 0.2) is 0 Å². The van der Waals surface area contributed by atoms with Crippen LogP contribution in [-0.4, -0.2) is 29.7 Å². The summed E-state index contributed by atoms with van der Waals surface area (Å²) in [4.78, 5) is 2.26. The lowest BCUT2D eigenvalue weighted by Crippen LogP contribution is -2.36. The van der Waals surface area contributed by atoms with Crippen LogP contribution < -0.4 is 5.73 Å². The van der Waals surface area contributed by atoms with Crippen LogP contribution in [0.1, 0.15) is 18.4 Å². The van der Waals surface area contributed by atoms with E-state index in [0.29, 0.717) is 16.6 Å². The smallest absolute Gasteiger partial charge is 0.0635 e. The van der Waals surface area contributed by atoms with E-state index in [4.69, 9.17) is 17.3 Å². The molecule has 1 aliphatic carbocycles. The Balaban J connectivity index is 1.85. The molecule has 94 valence electrons. The summed E-state index contributed by atoms with van der Waals surface area (Å²) in [6.07, 6.45) is 1.81. The van der Waals surface area contributed by atoms with E-state index < -0.39 is 0 Å². The Kier molecular flexibility index (Phi) is 3.92. The van der Waals surface area contributed by atoms with Crippen LogP contribution in [0.2, 0.25) is 5.02 Å². The van der Waals surface area contributed by atoms with Gasteiger partial charge in [0.25, 0.3) is 0 Å². The molecule has 3 nitrogen and oxygen atoms in total. The number of hydrogen-bond acceptors (Lipinski definition) is 3. The summed E-state index contributed by atoms with van der Waals surface area (Å²) >= 11 is 5.88. The van der Waals surface area contributed by atoms with Crippen molar-refractivity contribution in [3.8, 4) is 0 Å². The molecule has 1 aliphatic rings. The average Bonchev–Trinajstić information content (AvgIpc) is 2.21. The number of nitrogens with two attached hydrogens (primary N) is 1. The fraction of sp³-hybridized carbons (Fsp3) is 0.538. The second-order valence-electron chi connectivity index (χ2n) is 5.04. The highest BCUT2D eigenvalue weighted by Crippen LogP contribution is 2.28. The molecular weight excluding hydrogens is 236 g/mol. The van der Waals surface area contributed by atoms with E-state index >= 15 is 0 Å². The van der Waals surface area contributed by atoms with Crippen LogP contribution in [0, 0.1) is 5.92 Å². The van der Waals surface area contributed by atoms with Gasteiger partial charge in [0.05, 0.1) is 16.8 Å². The van der Waals surface area contributed by atoms with Crippen molar-refractivity contribution < 1.29 is 5.11 Å². The first-order valence-corrected chi connectivity index (χ1v) is 6.33. The lowest BCUT2D eigenvalue weighted by molar-refractivity contribution is 0.0274. The summed E-state index contributed by atoms with van der Waals surface area (Å²) in [6, 6.07) is 5.77. The number of nitrogens with zero attached hydrogens (tertiary/aromatic N) is 1. The van der Waals surface area contributed by atoms with Crippen molar-refractivity contribution in [2.24, 2.45) is 5.92 Å². The molecule has 0 amide bonds. The summed E-state index contributed by atoms with van der Waals surface area (Å²) in [5.74, 6) is 0.639. The Hall–Kier alpha value is -0.770. The van der Waals surface area contributed by atoms with Gasteiger partial charge in [-0.2, -0.15) is 0 Å². The van der Waals surface area contributed by atoms with Crippen molar-refractivity contribution in [3.63, 3.8) is 0 Å². The molecule has 0 radical (unpaired) electrons. The molecule has 0 spiro atoms. The van der Waals surface area contributed by atoms with Gasteiger partial charge in [-0.15, -0.1) is 0 Å². The van der Waals surface area contributed by atoms with E-state index in [9.17, 15) is 5.11 Å². The van der Waals surface area contributed by atoms with Crippen molar-refractivity contribution in [2.75, 3.05) is 19.3 Å². The van der Waals surface area contributed by atoms with Crippen LogP contribution in [0.25, 0.3) is 0 Å². The zero-order chi connectivity index (χ0) is 12.4. The number of aliphatic hydroxyl groups is 1. The first-order valence-electron chi connectivity index (χ1n) is 5.95. The first-order chi connectivity index (χ1) is 8.04. The van der Waals surface area contributed by atoms with Crippen LogP contribution in [0.5, 0.6) is 0 Å². The maximum Gasteiger partial charge on any atom is 0.0635 e. The number of hydrogen-bond donors (Lipinski definition) is 2. The molecule has 0 atom stereocenters. The van der Waals surface area contributed by atoms with Gasteiger partial charge in [0, 0.05) is 13.1 Å². The molecule has 1 saturated carbocycles. The van der Waals surface area contributed by atoms with Crippen LogP contribution in [-0.2, 0) is 6.54 Å². The second kappa shape index (κ2) is 5.25. The molecule has 2 rings (SSSR count). The maximum atomic E-state index is 9.24. The number of benzene rings is 1. The van der Waals surface area contributed by atoms with E-state index in [1.165, 1.54) is 5.56 Å². The Morgan fingerprint density at radius 2 is 2.18 bits per heavy atom. The molecule has 1 fully saturated rings. The summed E-state index contributed by atoms with van der Waals surface area (Å²) in [6.45, 7) is 1.90. The van der Waals surface area contributed by atoms with E-state index in [2.05, 4.69) is 11.9 Å². The molecule has 0 unspecified atom stereocenters. The number of rotatable bonds is 4. The standard InChI is InChI=1S/C13H19ClN2O/c1-16(8-10-4-11(17)5-10)7-9-2-3-12(14)13(15)6-9/h2-3,6,10-11,17H,4-5,7-8,15H2,1H3. The van der Waals surface area contributed by atoms with E-state index in [0.717, 1.165) is 25.9 Å². The predicted octanol–water partition coefficient (Wildman–Crippen LogP) is 2.12. The third-order valence-corrected chi connectivity index (χ3v) is 3.64. The van der Waals surface area contributed by atoms with Gasteiger partial charge >= 0.3 is 0 Å². The van der Waals surface area contributed by atoms with Gasteiger partial charge in [-0.05, 0) is 43.5 Å². The summed E-state index contributed by atoms with van der Waals surface area (Å²) in [5, 5.41) is 9.85. The maximum absolute atomic E-state index is 9.24. The molecule has 0 aromatic heterocycles. The van der Waals surface area contributed by atoms with Crippen molar-refractivity contribution in [2.45, 2.75) is 25.5 Å². The molecular formula is C13H19ClN2O. The first kappa shape index (κ1) is 12.7. The van der Waals surface area contributed by atoms with Crippen LogP contribution in [0.3, 0.4) is 0 Å². The van der Waals surface area contributed by atoms with E-state index in [1.807, 2.05) is 18.2 Å². The number of aliphatic hydroxyl groups excluding tert-OH is 1. The normalized spacial score (nSPS) is 23.8. The Labute approximate surface area is 107 Å². The molecule has 3 N–H and O–H groups in total. The van der Waals surface area contributed by atoms with E-state index in [1.54, 1.807) is 0 Å². The van der Waals surface area contributed by atoms with E-state index in [-0.39, 0.29) is 6.10 Å². The third kappa shape index (κ3) is 3.35. The minimum atomic E-state index is -0.0698. The van der Waals surface area contributed by atoms with Crippen molar-refractivity contribution in [3.05, 3.63) is 28.8 Å². The fourth-order valence-electron chi connectivity index (χ4n) is 2.36. The van der Waals surface area contributed by atoms with Crippen molar-refractivity contribution >= 4 is 17.3 Å². The quantitative estimate of drug-likeness (QED) is 0.810. The SMILES string of the molecule is CN(Cc1ccc(Cl)c(N)c1)CC1CC(O)C1. The Morgan fingerprint density at radius 3 is 2.76 bits per heavy atom. The minimum Gasteiger partial charge on any atom is -0.398 e. The average molecular weight is 255 g/mol. The molecule has 4 heteroatoms. The Morgan fingerprint density at radius 1 is 1.47 bits per heavy atom. The second-order valence-corrected chi connectivity index (χ2v) is 5.45. The highest BCUT2D eigenvalue weighted by atomic mass is 35.5. The summed E-state index contributed by atoms with van der Waals surface area (Å²) in [7, 11) is 2.09. The topological polar surface area (TPSA) is 49.5 Å². The molecule has 1 aromatic rings. The molecule has 17 heavy (non-hydrogen) atoms. The molecule has 0 saturated heterocycles. The summed E-state index contributed by atoms with van der Waals surface area (Å²) in [5.41, 5.74) is 7.58. The van der Waals surface area contributed by atoms with Crippen LogP contribution in [0.4, 0.5) is 5.69 Å². The lowest BCUT2D eigenvalue weighted by atomic mass is 9.82. The summed E-state index contributed by atoms with van der Waals surface area (Å²) < 4.78 is 0. The minimum absolute atomic E-state index is 0.0698. The fourth-order valence-corrected chi connectivity index (χ4v) is 2.48. The van der Waals surface area contributed by atoms with Gasteiger partial charge in [-0.3, -0.25) is 0 Å². The lowest BCUT2D eigenvalue weighted by Gasteiger charge is -2.34. The van der Waals surface area contributed by atoms with Crippen molar-refractivity contribution in [1.29, 1.82) is 0 Å². The van der Waals surface area contributed by atoms with Crippen LogP contribution >= 0.6 is 11.6 Å². The molecule has 0 aliphatic heterocycles. The van der Waals surface area contributed by atoms with Gasteiger partial charge in [-0.1, -0.05) is 17.7 Å². The molecule has 0 heterocycles. The third-order valence-electron chi connectivity index (χ3n) is 3.29. The largest absolute Gasteiger partial charge is 0.398 e.